The molecule has 1 aliphatic rings. The lowest BCUT2D eigenvalue weighted by Crippen LogP contribution is -2.52. The van der Waals surface area contributed by atoms with Crippen LogP contribution in [-0.4, -0.2) is 43.8 Å². The van der Waals surface area contributed by atoms with Crippen molar-refractivity contribution >= 4 is 66.0 Å². The largest absolute Gasteiger partial charge is 0.352 e. The number of benzene rings is 3. The Morgan fingerprint density at radius 1 is 1.00 bits per heavy atom. The van der Waals surface area contributed by atoms with Gasteiger partial charge in [-0.1, -0.05) is 59.1 Å². The number of halogens is 2. The third-order valence-corrected chi connectivity index (χ3v) is 9.84. The van der Waals surface area contributed by atoms with Gasteiger partial charge < -0.3 is 10.2 Å². The standard InChI is InChI=1S/C29H31BrIN3O4S/c1-21(29(36)32-25-10-5-6-11-25)33(19-22-8-7-9-23(30)18-22)28(35)20-34(26-16-14-24(31)15-17-26)39(37,38)27-12-3-2-4-13-27/h2-4,7-9,12-18,21,25H,5-6,10-11,19-20H2,1H3,(H,32,36)/t21-/m0/s1. The van der Waals surface area contributed by atoms with E-state index in [1.807, 2.05) is 24.3 Å². The van der Waals surface area contributed by atoms with Gasteiger partial charge in [0.15, 0.2) is 0 Å². The summed E-state index contributed by atoms with van der Waals surface area (Å²) in [5.41, 5.74) is 1.20. The summed E-state index contributed by atoms with van der Waals surface area (Å²) in [6.07, 6.45) is 3.99. The van der Waals surface area contributed by atoms with Gasteiger partial charge in [-0.05, 0) is 96.5 Å². The molecule has 0 aromatic heterocycles. The first-order valence-electron chi connectivity index (χ1n) is 12.8. The van der Waals surface area contributed by atoms with Crippen molar-refractivity contribution in [3.63, 3.8) is 0 Å². The first-order valence-corrected chi connectivity index (χ1v) is 16.1. The van der Waals surface area contributed by atoms with Gasteiger partial charge in [-0.15, -0.1) is 0 Å². The Bertz CT molecular complexity index is 1400. The van der Waals surface area contributed by atoms with Gasteiger partial charge >= 0.3 is 0 Å². The van der Waals surface area contributed by atoms with E-state index in [2.05, 4.69) is 43.8 Å². The summed E-state index contributed by atoms with van der Waals surface area (Å²) in [4.78, 5) is 28.8. The average Bonchev–Trinajstić information content (AvgIpc) is 3.44. The van der Waals surface area contributed by atoms with Crippen molar-refractivity contribution in [2.24, 2.45) is 0 Å². The molecule has 1 atom stereocenters. The van der Waals surface area contributed by atoms with E-state index in [-0.39, 0.29) is 23.4 Å². The maximum absolute atomic E-state index is 14.0. The number of anilines is 1. The molecule has 0 heterocycles. The molecule has 206 valence electrons. The van der Waals surface area contributed by atoms with Gasteiger partial charge in [-0.25, -0.2) is 8.42 Å². The second-order valence-corrected chi connectivity index (χ2v) is 13.6. The van der Waals surface area contributed by atoms with Crippen molar-refractivity contribution in [1.82, 2.24) is 10.2 Å². The maximum Gasteiger partial charge on any atom is 0.264 e. The van der Waals surface area contributed by atoms with Crippen LogP contribution in [0.25, 0.3) is 0 Å². The van der Waals surface area contributed by atoms with E-state index in [9.17, 15) is 18.0 Å². The zero-order chi connectivity index (χ0) is 28.0. The minimum absolute atomic E-state index is 0.0851. The van der Waals surface area contributed by atoms with Gasteiger partial charge in [0, 0.05) is 20.6 Å². The number of hydrogen-bond acceptors (Lipinski definition) is 4. The zero-order valence-electron chi connectivity index (χ0n) is 21.6. The molecule has 1 aliphatic carbocycles. The van der Waals surface area contributed by atoms with Gasteiger partial charge in [0.25, 0.3) is 10.0 Å². The number of carbonyl (C=O) groups excluding carboxylic acids is 2. The van der Waals surface area contributed by atoms with E-state index < -0.39 is 28.5 Å². The topological polar surface area (TPSA) is 86.8 Å². The van der Waals surface area contributed by atoms with E-state index in [0.29, 0.717) is 5.69 Å². The summed E-state index contributed by atoms with van der Waals surface area (Å²) in [6, 6.07) is 21.8. The molecule has 1 N–H and O–H groups in total. The van der Waals surface area contributed by atoms with Gasteiger partial charge in [-0.2, -0.15) is 0 Å². The number of nitrogens with zero attached hydrogens (tertiary/aromatic N) is 2. The van der Waals surface area contributed by atoms with Crippen LogP contribution in [-0.2, 0) is 26.2 Å². The van der Waals surface area contributed by atoms with Crippen molar-refractivity contribution in [3.8, 4) is 0 Å². The SMILES string of the molecule is C[C@@H](C(=O)NC1CCCC1)N(Cc1cccc(Br)c1)C(=O)CN(c1ccc(I)cc1)S(=O)(=O)c1ccccc1. The number of nitrogens with one attached hydrogen (secondary N) is 1. The summed E-state index contributed by atoms with van der Waals surface area (Å²) in [5.74, 6) is -0.709. The molecule has 1 saturated carbocycles. The summed E-state index contributed by atoms with van der Waals surface area (Å²) in [6.45, 7) is 1.40. The van der Waals surface area contributed by atoms with Crippen molar-refractivity contribution in [1.29, 1.82) is 0 Å². The molecular formula is C29H31BrIN3O4S. The number of carbonyl (C=O) groups is 2. The highest BCUT2D eigenvalue weighted by Crippen LogP contribution is 2.26. The molecule has 0 radical (unpaired) electrons. The highest BCUT2D eigenvalue weighted by molar-refractivity contribution is 14.1. The van der Waals surface area contributed by atoms with Crippen LogP contribution in [0.4, 0.5) is 5.69 Å². The van der Waals surface area contributed by atoms with E-state index in [4.69, 9.17) is 0 Å². The summed E-state index contributed by atoms with van der Waals surface area (Å²) in [5, 5.41) is 3.08. The predicted molar refractivity (Wildman–Crippen MR) is 165 cm³/mol. The number of hydrogen-bond donors (Lipinski definition) is 1. The van der Waals surface area contributed by atoms with Crippen LogP contribution in [0.1, 0.15) is 38.2 Å². The lowest BCUT2D eigenvalue weighted by molar-refractivity contribution is -0.139. The Labute approximate surface area is 252 Å². The molecule has 3 aromatic rings. The zero-order valence-corrected chi connectivity index (χ0v) is 26.2. The van der Waals surface area contributed by atoms with Crippen molar-refractivity contribution in [3.05, 3.63) is 92.5 Å². The minimum Gasteiger partial charge on any atom is -0.352 e. The molecule has 0 saturated heterocycles. The third kappa shape index (κ3) is 7.61. The number of amides is 2. The third-order valence-electron chi connectivity index (χ3n) is 6.84. The normalized spacial score (nSPS) is 14.5. The van der Waals surface area contributed by atoms with Crippen LogP contribution < -0.4 is 9.62 Å². The Morgan fingerprint density at radius 3 is 2.31 bits per heavy atom. The fourth-order valence-corrected chi connectivity index (χ4v) is 6.90. The summed E-state index contributed by atoms with van der Waals surface area (Å²) < 4.78 is 30.5. The molecule has 3 aromatic carbocycles. The van der Waals surface area contributed by atoms with Crippen molar-refractivity contribution in [2.45, 2.75) is 56.1 Å². The Hall–Kier alpha value is -2.44. The molecule has 4 rings (SSSR count). The van der Waals surface area contributed by atoms with E-state index in [1.54, 1.807) is 49.4 Å². The second-order valence-electron chi connectivity index (χ2n) is 9.62. The van der Waals surface area contributed by atoms with Crippen LogP contribution in [0, 0.1) is 3.57 Å². The highest BCUT2D eigenvalue weighted by atomic mass is 127. The molecule has 0 unspecified atom stereocenters. The van der Waals surface area contributed by atoms with Crippen molar-refractivity contribution < 1.29 is 18.0 Å². The van der Waals surface area contributed by atoms with Crippen LogP contribution in [0.3, 0.4) is 0 Å². The molecule has 39 heavy (non-hydrogen) atoms. The Balaban J connectivity index is 1.67. The molecule has 1 fully saturated rings. The lowest BCUT2D eigenvalue weighted by Gasteiger charge is -2.32. The van der Waals surface area contributed by atoms with Crippen LogP contribution in [0.5, 0.6) is 0 Å². The van der Waals surface area contributed by atoms with E-state index >= 15 is 0 Å². The second kappa shape index (κ2) is 13.3. The molecule has 0 spiro atoms. The molecule has 10 heteroatoms. The summed E-state index contributed by atoms with van der Waals surface area (Å²) in [7, 11) is -4.06. The fourth-order valence-electron chi connectivity index (χ4n) is 4.66. The monoisotopic (exact) mass is 723 g/mol. The van der Waals surface area contributed by atoms with Crippen LogP contribution in [0.2, 0.25) is 0 Å². The number of sulfonamides is 1. The molecule has 7 nitrogen and oxygen atoms in total. The summed E-state index contributed by atoms with van der Waals surface area (Å²) >= 11 is 5.62. The van der Waals surface area contributed by atoms with E-state index in [1.165, 1.54) is 17.0 Å². The Morgan fingerprint density at radius 2 is 1.67 bits per heavy atom. The predicted octanol–water partition coefficient (Wildman–Crippen LogP) is 5.73. The molecule has 0 aliphatic heterocycles. The number of rotatable bonds is 10. The molecule has 0 bridgehead atoms. The minimum atomic E-state index is -4.06. The van der Waals surface area contributed by atoms with Gasteiger partial charge in [0.1, 0.15) is 12.6 Å². The first kappa shape index (κ1) is 29.5. The molecule has 2 amide bonds. The smallest absolute Gasteiger partial charge is 0.264 e. The Kier molecular flexibility index (Phi) is 10.1. The van der Waals surface area contributed by atoms with Crippen LogP contribution in [0.15, 0.2) is 88.2 Å². The molecular weight excluding hydrogens is 693 g/mol. The van der Waals surface area contributed by atoms with Gasteiger partial charge in [0.2, 0.25) is 11.8 Å². The fraction of sp³-hybridized carbons (Fsp3) is 0.310. The lowest BCUT2D eigenvalue weighted by atomic mass is 10.1. The van der Waals surface area contributed by atoms with Crippen LogP contribution >= 0.6 is 38.5 Å². The van der Waals surface area contributed by atoms with Gasteiger partial charge in [-0.3, -0.25) is 13.9 Å². The van der Waals surface area contributed by atoms with E-state index in [0.717, 1.165) is 43.6 Å². The average molecular weight is 724 g/mol. The van der Waals surface area contributed by atoms with Gasteiger partial charge in [0.05, 0.1) is 10.6 Å². The van der Waals surface area contributed by atoms with Crippen molar-refractivity contribution in [2.75, 3.05) is 10.8 Å². The maximum atomic E-state index is 14.0. The quantitative estimate of drug-likeness (QED) is 0.271. The highest BCUT2D eigenvalue weighted by Gasteiger charge is 2.33. The first-order chi connectivity index (χ1) is 18.6.